The van der Waals surface area contributed by atoms with Crippen molar-refractivity contribution in [2.24, 2.45) is 0 Å². The smallest absolute Gasteiger partial charge is 0.260 e. The van der Waals surface area contributed by atoms with Crippen LogP contribution in [0.4, 0.5) is 0 Å². The molecule has 0 N–H and O–H groups in total. The van der Waals surface area contributed by atoms with Gasteiger partial charge in [-0.15, -0.1) is 0 Å². The van der Waals surface area contributed by atoms with Gasteiger partial charge in [-0.05, 0) is 37.6 Å². The second-order valence-electron chi connectivity index (χ2n) is 5.66. The molecule has 0 radical (unpaired) electrons. The molecule has 0 spiro atoms. The normalized spacial score (nSPS) is 14.9. The van der Waals surface area contributed by atoms with E-state index in [9.17, 15) is 9.59 Å². The number of carbonyl (C=O) groups is 2. The molecule has 6 nitrogen and oxygen atoms in total. The summed E-state index contributed by atoms with van der Waals surface area (Å²) in [6.45, 7) is 6.97. The molecule has 1 heterocycles. The first-order chi connectivity index (χ1) is 11.6. The summed E-state index contributed by atoms with van der Waals surface area (Å²) < 4.78 is 10.9. The zero-order valence-corrected chi connectivity index (χ0v) is 14.5. The van der Waals surface area contributed by atoms with Gasteiger partial charge in [0.2, 0.25) is 5.91 Å². The molecule has 2 rings (SSSR count). The third-order valence-electron chi connectivity index (χ3n) is 4.00. The Morgan fingerprint density at radius 3 is 1.96 bits per heavy atom. The highest BCUT2D eigenvalue weighted by Crippen LogP contribution is 2.17. The maximum Gasteiger partial charge on any atom is 0.260 e. The van der Waals surface area contributed by atoms with Gasteiger partial charge in [0, 0.05) is 32.6 Å². The molecule has 0 atom stereocenters. The van der Waals surface area contributed by atoms with E-state index < -0.39 is 0 Å². The highest BCUT2D eigenvalue weighted by Gasteiger charge is 2.21. The third kappa shape index (κ3) is 5.15. The Labute approximate surface area is 143 Å². The number of amides is 2. The summed E-state index contributed by atoms with van der Waals surface area (Å²) in [5.74, 6) is 1.53. The van der Waals surface area contributed by atoms with E-state index in [0.717, 1.165) is 18.7 Å². The Morgan fingerprint density at radius 1 is 0.875 bits per heavy atom. The summed E-state index contributed by atoms with van der Waals surface area (Å²) in [5.41, 5.74) is 0. The molecule has 1 aliphatic heterocycles. The number of hydrogen-bond donors (Lipinski definition) is 0. The molecule has 0 bridgehead atoms. The lowest BCUT2D eigenvalue weighted by molar-refractivity contribution is -0.134. The van der Waals surface area contributed by atoms with E-state index in [1.165, 1.54) is 0 Å². The minimum Gasteiger partial charge on any atom is -0.494 e. The molecule has 1 fully saturated rings. The monoisotopic (exact) mass is 334 g/mol. The van der Waals surface area contributed by atoms with Gasteiger partial charge >= 0.3 is 0 Å². The van der Waals surface area contributed by atoms with Crippen LogP contribution >= 0.6 is 0 Å². The molecule has 24 heavy (non-hydrogen) atoms. The number of ether oxygens (including phenoxy) is 2. The molecule has 0 saturated carbocycles. The largest absolute Gasteiger partial charge is 0.494 e. The van der Waals surface area contributed by atoms with Crippen LogP contribution in [0.15, 0.2) is 24.3 Å². The van der Waals surface area contributed by atoms with Crippen LogP contribution in [0.2, 0.25) is 0 Å². The van der Waals surface area contributed by atoms with E-state index in [2.05, 4.69) is 0 Å². The predicted molar refractivity (Wildman–Crippen MR) is 91.2 cm³/mol. The zero-order valence-electron chi connectivity index (χ0n) is 14.5. The van der Waals surface area contributed by atoms with E-state index in [1.54, 1.807) is 17.0 Å². The SMILES string of the molecule is CCOc1ccc(OCC(=O)N2CCCN(C(=O)CC)CC2)cc1. The van der Waals surface area contributed by atoms with Gasteiger partial charge < -0.3 is 19.3 Å². The number of nitrogens with zero attached hydrogens (tertiary/aromatic N) is 2. The summed E-state index contributed by atoms with van der Waals surface area (Å²) in [4.78, 5) is 27.7. The van der Waals surface area contributed by atoms with Crippen molar-refractivity contribution in [1.82, 2.24) is 9.80 Å². The highest BCUT2D eigenvalue weighted by molar-refractivity contribution is 5.78. The van der Waals surface area contributed by atoms with Gasteiger partial charge in [0.05, 0.1) is 6.61 Å². The van der Waals surface area contributed by atoms with Crippen molar-refractivity contribution in [3.63, 3.8) is 0 Å². The summed E-state index contributed by atoms with van der Waals surface area (Å²) in [7, 11) is 0. The van der Waals surface area contributed by atoms with Crippen molar-refractivity contribution in [1.29, 1.82) is 0 Å². The Bertz CT molecular complexity index is 544. The van der Waals surface area contributed by atoms with Crippen LogP contribution in [-0.4, -0.2) is 61.0 Å². The standard InChI is InChI=1S/C18H26N2O4/c1-3-17(21)19-10-5-11-20(13-12-19)18(22)14-24-16-8-6-15(7-9-16)23-4-2/h6-9H,3-5,10-14H2,1-2H3. The fourth-order valence-corrected chi connectivity index (χ4v) is 2.67. The van der Waals surface area contributed by atoms with Crippen LogP contribution in [0.1, 0.15) is 26.7 Å². The molecule has 1 saturated heterocycles. The summed E-state index contributed by atoms with van der Waals surface area (Å²) >= 11 is 0. The maximum absolute atomic E-state index is 12.3. The molecule has 6 heteroatoms. The lowest BCUT2D eigenvalue weighted by Crippen LogP contribution is -2.39. The van der Waals surface area contributed by atoms with Crippen LogP contribution in [0.5, 0.6) is 11.5 Å². The van der Waals surface area contributed by atoms with Gasteiger partial charge in [0.25, 0.3) is 5.91 Å². The molecule has 132 valence electrons. The number of benzene rings is 1. The Morgan fingerprint density at radius 2 is 1.42 bits per heavy atom. The van der Waals surface area contributed by atoms with Crippen molar-refractivity contribution < 1.29 is 19.1 Å². The van der Waals surface area contributed by atoms with Crippen molar-refractivity contribution in [2.45, 2.75) is 26.7 Å². The third-order valence-corrected chi connectivity index (χ3v) is 4.00. The first-order valence-corrected chi connectivity index (χ1v) is 8.55. The summed E-state index contributed by atoms with van der Waals surface area (Å²) in [5, 5.41) is 0. The average molecular weight is 334 g/mol. The number of carbonyl (C=O) groups excluding carboxylic acids is 2. The van der Waals surface area contributed by atoms with E-state index in [-0.39, 0.29) is 18.4 Å². The molecule has 1 aromatic rings. The van der Waals surface area contributed by atoms with Gasteiger partial charge in [-0.1, -0.05) is 6.92 Å². The van der Waals surface area contributed by atoms with Gasteiger partial charge in [0.15, 0.2) is 6.61 Å². The first kappa shape index (κ1) is 18.1. The van der Waals surface area contributed by atoms with Crippen LogP contribution in [-0.2, 0) is 9.59 Å². The fourth-order valence-electron chi connectivity index (χ4n) is 2.67. The van der Waals surface area contributed by atoms with Crippen molar-refractivity contribution in [2.75, 3.05) is 39.4 Å². The Balaban J connectivity index is 1.80. The van der Waals surface area contributed by atoms with E-state index in [4.69, 9.17) is 9.47 Å². The van der Waals surface area contributed by atoms with E-state index >= 15 is 0 Å². The summed E-state index contributed by atoms with van der Waals surface area (Å²) in [6, 6.07) is 7.23. The van der Waals surface area contributed by atoms with Gasteiger partial charge in [-0.25, -0.2) is 0 Å². The van der Waals surface area contributed by atoms with Crippen LogP contribution in [0.3, 0.4) is 0 Å². The minimum absolute atomic E-state index is 0.00963. The average Bonchev–Trinajstić information content (AvgIpc) is 2.86. The quantitative estimate of drug-likeness (QED) is 0.798. The molecule has 1 aromatic carbocycles. The fraction of sp³-hybridized carbons (Fsp3) is 0.556. The van der Waals surface area contributed by atoms with Gasteiger partial charge in [-0.3, -0.25) is 9.59 Å². The number of hydrogen-bond acceptors (Lipinski definition) is 4. The van der Waals surface area contributed by atoms with E-state index in [0.29, 0.717) is 38.4 Å². The molecular formula is C18H26N2O4. The van der Waals surface area contributed by atoms with Gasteiger partial charge in [-0.2, -0.15) is 0 Å². The number of rotatable bonds is 6. The van der Waals surface area contributed by atoms with Crippen LogP contribution in [0, 0.1) is 0 Å². The molecule has 0 unspecified atom stereocenters. The Kier molecular flexibility index (Phi) is 6.90. The van der Waals surface area contributed by atoms with Crippen molar-refractivity contribution >= 4 is 11.8 Å². The molecule has 1 aliphatic rings. The topological polar surface area (TPSA) is 59.1 Å². The van der Waals surface area contributed by atoms with Crippen LogP contribution in [0.25, 0.3) is 0 Å². The predicted octanol–water partition coefficient (Wildman–Crippen LogP) is 1.93. The summed E-state index contributed by atoms with van der Waals surface area (Å²) in [6.07, 6.45) is 1.31. The lowest BCUT2D eigenvalue weighted by Gasteiger charge is -2.22. The molecule has 0 aromatic heterocycles. The molecule has 0 aliphatic carbocycles. The van der Waals surface area contributed by atoms with Crippen LogP contribution < -0.4 is 9.47 Å². The first-order valence-electron chi connectivity index (χ1n) is 8.55. The second-order valence-corrected chi connectivity index (χ2v) is 5.66. The zero-order chi connectivity index (χ0) is 17.4. The van der Waals surface area contributed by atoms with Crippen molar-refractivity contribution in [3.8, 4) is 11.5 Å². The minimum atomic E-state index is -0.0466. The van der Waals surface area contributed by atoms with Gasteiger partial charge in [0.1, 0.15) is 11.5 Å². The molecular weight excluding hydrogens is 308 g/mol. The Hall–Kier alpha value is -2.24. The second kappa shape index (κ2) is 9.15. The highest BCUT2D eigenvalue weighted by atomic mass is 16.5. The maximum atomic E-state index is 12.3. The van der Waals surface area contributed by atoms with E-state index in [1.807, 2.05) is 30.9 Å². The lowest BCUT2D eigenvalue weighted by atomic mass is 10.3. The molecule has 2 amide bonds. The van der Waals surface area contributed by atoms with Crippen molar-refractivity contribution in [3.05, 3.63) is 24.3 Å².